The molecule has 0 aliphatic rings. The highest BCUT2D eigenvalue weighted by Gasteiger charge is 2.22. The summed E-state index contributed by atoms with van der Waals surface area (Å²) < 4.78 is 0. The maximum absolute atomic E-state index is 4.17. The highest BCUT2D eigenvalue weighted by molar-refractivity contribution is 5.55. The molecular weight excluding hydrogens is 196 g/mol. The van der Waals surface area contributed by atoms with Gasteiger partial charge in [-0.3, -0.25) is 4.99 Å². The van der Waals surface area contributed by atoms with Gasteiger partial charge in [-0.15, -0.1) is 0 Å². The number of hydrogen-bond donors (Lipinski definition) is 0. The SMILES string of the molecule is C/N=C/N(CC(C)(C)C)C(C)CC(C)(C)C. The summed E-state index contributed by atoms with van der Waals surface area (Å²) in [4.78, 5) is 6.54. The molecule has 0 amide bonds. The minimum Gasteiger partial charge on any atom is -0.360 e. The summed E-state index contributed by atoms with van der Waals surface area (Å²) in [5.41, 5.74) is 0.685. The van der Waals surface area contributed by atoms with Gasteiger partial charge in [0.2, 0.25) is 0 Å². The second kappa shape index (κ2) is 5.70. The van der Waals surface area contributed by atoms with Gasteiger partial charge in [0.15, 0.2) is 0 Å². The fourth-order valence-corrected chi connectivity index (χ4v) is 2.01. The second-order valence-corrected chi connectivity index (χ2v) is 7.22. The molecule has 0 aliphatic heterocycles. The molecule has 1 atom stereocenters. The molecule has 0 bridgehead atoms. The maximum Gasteiger partial charge on any atom is 0.0848 e. The molecule has 2 heteroatoms. The topological polar surface area (TPSA) is 15.6 Å². The van der Waals surface area contributed by atoms with Crippen molar-refractivity contribution in [1.29, 1.82) is 0 Å². The lowest BCUT2D eigenvalue weighted by Gasteiger charge is -2.36. The third-order valence-electron chi connectivity index (χ3n) is 2.39. The highest BCUT2D eigenvalue weighted by atomic mass is 15.2. The van der Waals surface area contributed by atoms with Gasteiger partial charge in [0.1, 0.15) is 0 Å². The van der Waals surface area contributed by atoms with Gasteiger partial charge in [0.25, 0.3) is 0 Å². The Morgan fingerprint density at radius 2 is 1.56 bits per heavy atom. The molecule has 0 saturated heterocycles. The molecule has 0 N–H and O–H groups in total. The monoisotopic (exact) mass is 226 g/mol. The van der Waals surface area contributed by atoms with Gasteiger partial charge < -0.3 is 4.90 Å². The van der Waals surface area contributed by atoms with Gasteiger partial charge >= 0.3 is 0 Å². The number of rotatable bonds is 4. The fraction of sp³-hybridized carbons (Fsp3) is 0.929. The van der Waals surface area contributed by atoms with E-state index in [0.717, 1.165) is 6.54 Å². The van der Waals surface area contributed by atoms with Crippen LogP contribution < -0.4 is 0 Å². The molecular formula is C14H30N2. The van der Waals surface area contributed by atoms with E-state index < -0.39 is 0 Å². The summed E-state index contributed by atoms with van der Waals surface area (Å²) in [7, 11) is 1.85. The number of aliphatic imine (C=N–C) groups is 1. The van der Waals surface area contributed by atoms with Crippen LogP contribution in [0.25, 0.3) is 0 Å². The molecule has 0 spiro atoms. The standard InChI is InChI=1S/C14H30N2/c1-12(9-13(2,3)4)16(11-15-8)10-14(5,6)7/h11-12H,9-10H2,1-8H3/b15-11+. The van der Waals surface area contributed by atoms with E-state index in [9.17, 15) is 0 Å². The fourth-order valence-electron chi connectivity index (χ4n) is 2.01. The molecule has 16 heavy (non-hydrogen) atoms. The van der Waals surface area contributed by atoms with Crippen LogP contribution >= 0.6 is 0 Å². The normalized spacial score (nSPS) is 15.5. The maximum atomic E-state index is 4.17. The van der Waals surface area contributed by atoms with E-state index in [-0.39, 0.29) is 0 Å². The van der Waals surface area contributed by atoms with Crippen LogP contribution in [0.5, 0.6) is 0 Å². The Hall–Kier alpha value is -0.530. The zero-order chi connectivity index (χ0) is 13.0. The summed E-state index contributed by atoms with van der Waals surface area (Å²) in [6, 6.07) is 0.544. The Morgan fingerprint density at radius 1 is 1.06 bits per heavy atom. The van der Waals surface area contributed by atoms with Crippen molar-refractivity contribution in [3.63, 3.8) is 0 Å². The molecule has 0 aromatic carbocycles. The van der Waals surface area contributed by atoms with E-state index in [1.54, 1.807) is 0 Å². The van der Waals surface area contributed by atoms with E-state index >= 15 is 0 Å². The molecule has 1 unspecified atom stereocenters. The minimum atomic E-state index is 0.313. The molecule has 0 saturated carbocycles. The quantitative estimate of drug-likeness (QED) is 0.525. The van der Waals surface area contributed by atoms with Crippen LogP contribution in [0.3, 0.4) is 0 Å². The van der Waals surface area contributed by atoms with E-state index in [1.807, 2.05) is 13.4 Å². The largest absolute Gasteiger partial charge is 0.360 e. The van der Waals surface area contributed by atoms with Crippen LogP contribution in [0.4, 0.5) is 0 Å². The van der Waals surface area contributed by atoms with Crippen LogP contribution in [-0.4, -0.2) is 30.9 Å². The predicted octanol–water partition coefficient (Wildman–Crippen LogP) is 3.82. The lowest BCUT2D eigenvalue weighted by atomic mass is 9.87. The molecule has 0 aromatic rings. The Morgan fingerprint density at radius 3 is 1.88 bits per heavy atom. The molecule has 0 fully saturated rings. The highest BCUT2D eigenvalue weighted by Crippen LogP contribution is 2.25. The van der Waals surface area contributed by atoms with Gasteiger partial charge in [-0.05, 0) is 24.2 Å². The van der Waals surface area contributed by atoms with Crippen molar-refractivity contribution in [2.45, 2.75) is 60.9 Å². The van der Waals surface area contributed by atoms with Crippen LogP contribution in [-0.2, 0) is 0 Å². The van der Waals surface area contributed by atoms with Crippen LogP contribution in [0, 0.1) is 10.8 Å². The van der Waals surface area contributed by atoms with Crippen molar-refractivity contribution < 1.29 is 0 Å². The lowest BCUT2D eigenvalue weighted by molar-refractivity contribution is 0.192. The lowest BCUT2D eigenvalue weighted by Crippen LogP contribution is -2.40. The molecule has 0 rings (SSSR count). The van der Waals surface area contributed by atoms with Crippen molar-refractivity contribution in [3.05, 3.63) is 0 Å². The average molecular weight is 226 g/mol. The predicted molar refractivity (Wildman–Crippen MR) is 74.1 cm³/mol. The average Bonchev–Trinajstić information content (AvgIpc) is 1.97. The van der Waals surface area contributed by atoms with Gasteiger partial charge in [-0.1, -0.05) is 41.5 Å². The van der Waals surface area contributed by atoms with Gasteiger partial charge in [0.05, 0.1) is 6.34 Å². The Balaban J connectivity index is 4.54. The van der Waals surface area contributed by atoms with Crippen molar-refractivity contribution in [2.75, 3.05) is 13.6 Å². The van der Waals surface area contributed by atoms with Gasteiger partial charge in [-0.25, -0.2) is 0 Å². The third-order valence-corrected chi connectivity index (χ3v) is 2.39. The van der Waals surface area contributed by atoms with E-state index in [2.05, 4.69) is 58.4 Å². The van der Waals surface area contributed by atoms with Crippen molar-refractivity contribution in [3.8, 4) is 0 Å². The summed E-state index contributed by atoms with van der Waals surface area (Å²) in [6.45, 7) is 17.0. The van der Waals surface area contributed by atoms with E-state index in [1.165, 1.54) is 6.42 Å². The third kappa shape index (κ3) is 7.72. The summed E-state index contributed by atoms with van der Waals surface area (Å²) >= 11 is 0. The smallest absolute Gasteiger partial charge is 0.0848 e. The van der Waals surface area contributed by atoms with E-state index in [0.29, 0.717) is 16.9 Å². The summed E-state index contributed by atoms with van der Waals surface area (Å²) in [6.07, 6.45) is 3.18. The summed E-state index contributed by atoms with van der Waals surface area (Å²) in [5.74, 6) is 0. The molecule has 2 nitrogen and oxygen atoms in total. The zero-order valence-electron chi connectivity index (χ0n) is 12.5. The van der Waals surface area contributed by atoms with Crippen molar-refractivity contribution in [1.82, 2.24) is 4.90 Å². The van der Waals surface area contributed by atoms with E-state index in [4.69, 9.17) is 0 Å². The Bertz CT molecular complexity index is 218. The first kappa shape index (κ1) is 15.5. The zero-order valence-corrected chi connectivity index (χ0v) is 12.5. The molecule has 0 radical (unpaired) electrons. The minimum absolute atomic E-state index is 0.313. The van der Waals surface area contributed by atoms with Gasteiger partial charge in [-0.2, -0.15) is 0 Å². The Labute approximate surface area is 102 Å². The first-order chi connectivity index (χ1) is 7.05. The molecule has 0 aliphatic carbocycles. The molecule has 96 valence electrons. The Kier molecular flexibility index (Phi) is 5.51. The van der Waals surface area contributed by atoms with Crippen LogP contribution in [0.1, 0.15) is 54.9 Å². The summed E-state index contributed by atoms with van der Waals surface area (Å²) in [5, 5.41) is 0. The second-order valence-electron chi connectivity index (χ2n) is 7.22. The molecule has 0 heterocycles. The van der Waals surface area contributed by atoms with Crippen molar-refractivity contribution >= 4 is 6.34 Å². The number of hydrogen-bond acceptors (Lipinski definition) is 1. The first-order valence-corrected chi connectivity index (χ1v) is 6.23. The van der Waals surface area contributed by atoms with Crippen molar-refractivity contribution in [2.24, 2.45) is 15.8 Å². The molecule has 0 aromatic heterocycles. The first-order valence-electron chi connectivity index (χ1n) is 6.23. The van der Waals surface area contributed by atoms with Gasteiger partial charge in [0, 0.05) is 19.6 Å². The van der Waals surface area contributed by atoms with Crippen LogP contribution in [0.2, 0.25) is 0 Å². The van der Waals surface area contributed by atoms with Crippen LogP contribution in [0.15, 0.2) is 4.99 Å². The number of nitrogens with zero attached hydrogens (tertiary/aromatic N) is 2.